The van der Waals surface area contributed by atoms with Gasteiger partial charge in [0.25, 0.3) is 0 Å². The minimum absolute atomic E-state index is 0.162. The van der Waals surface area contributed by atoms with Gasteiger partial charge in [0.2, 0.25) is 0 Å². The van der Waals surface area contributed by atoms with Crippen molar-refractivity contribution in [1.29, 1.82) is 0 Å². The van der Waals surface area contributed by atoms with Gasteiger partial charge in [-0.15, -0.1) is 0 Å². The van der Waals surface area contributed by atoms with Gasteiger partial charge in [-0.25, -0.2) is 12.8 Å². The smallest absolute Gasteiger partial charge is 0.178 e. The third-order valence-electron chi connectivity index (χ3n) is 3.14. The number of hydrogen-bond donors (Lipinski definition) is 2. The van der Waals surface area contributed by atoms with Gasteiger partial charge in [0.15, 0.2) is 9.84 Å². The van der Waals surface area contributed by atoms with E-state index in [1.54, 1.807) is 6.07 Å². The third kappa shape index (κ3) is 4.85. The summed E-state index contributed by atoms with van der Waals surface area (Å²) in [5, 5.41) is 12.7. The monoisotopic (exact) mass is 303 g/mol. The summed E-state index contributed by atoms with van der Waals surface area (Å²) in [6.45, 7) is 4.25. The summed E-state index contributed by atoms with van der Waals surface area (Å²) in [6, 6.07) is 3.93. The summed E-state index contributed by atoms with van der Waals surface area (Å²) in [5.74, 6) is -0.743. The largest absolute Gasteiger partial charge is 0.392 e. The summed E-state index contributed by atoms with van der Waals surface area (Å²) in [6.07, 6.45) is 2.16. The van der Waals surface area contributed by atoms with E-state index in [1.165, 1.54) is 12.1 Å². The molecule has 0 radical (unpaired) electrons. The van der Waals surface area contributed by atoms with Crippen molar-refractivity contribution in [3.05, 3.63) is 29.6 Å². The SMILES string of the molecule is CCCC(O)CNC(C)c1ccc(S(C)(=O)=O)c(F)c1. The molecule has 0 saturated heterocycles. The molecule has 0 saturated carbocycles. The van der Waals surface area contributed by atoms with Gasteiger partial charge < -0.3 is 10.4 Å². The summed E-state index contributed by atoms with van der Waals surface area (Å²) in [7, 11) is -3.54. The quantitative estimate of drug-likeness (QED) is 0.809. The molecule has 1 aromatic carbocycles. The second kappa shape index (κ2) is 7.15. The Morgan fingerprint density at radius 3 is 2.55 bits per heavy atom. The van der Waals surface area contributed by atoms with Crippen LogP contribution in [0.2, 0.25) is 0 Å². The molecule has 0 heterocycles. The number of nitrogens with one attached hydrogen (secondary N) is 1. The van der Waals surface area contributed by atoms with Crippen LogP contribution in [-0.2, 0) is 9.84 Å². The standard InChI is InChI=1S/C14H22FNO3S/c1-4-5-12(17)9-16-10(2)11-6-7-14(13(15)8-11)20(3,18)19/h6-8,10,12,16-17H,4-5,9H2,1-3H3. The summed E-state index contributed by atoms with van der Waals surface area (Å²) < 4.78 is 36.4. The molecule has 0 fully saturated rings. The van der Waals surface area contributed by atoms with Crippen molar-refractivity contribution < 1.29 is 17.9 Å². The lowest BCUT2D eigenvalue weighted by molar-refractivity contribution is 0.157. The van der Waals surface area contributed by atoms with E-state index in [9.17, 15) is 17.9 Å². The molecule has 2 N–H and O–H groups in total. The number of hydrogen-bond acceptors (Lipinski definition) is 4. The van der Waals surface area contributed by atoms with Gasteiger partial charge in [-0.1, -0.05) is 19.4 Å². The van der Waals surface area contributed by atoms with Crippen molar-refractivity contribution in [2.24, 2.45) is 0 Å². The molecule has 0 aliphatic carbocycles. The second-order valence-corrected chi connectivity index (χ2v) is 7.02. The number of aliphatic hydroxyl groups is 1. The molecule has 6 heteroatoms. The fourth-order valence-electron chi connectivity index (χ4n) is 1.95. The van der Waals surface area contributed by atoms with E-state index in [1.807, 2.05) is 13.8 Å². The van der Waals surface area contributed by atoms with Crippen molar-refractivity contribution in [2.45, 2.75) is 43.7 Å². The molecule has 0 spiro atoms. The van der Waals surface area contributed by atoms with Gasteiger partial charge in [-0.05, 0) is 31.0 Å². The Hall–Kier alpha value is -0.980. The van der Waals surface area contributed by atoms with E-state index < -0.39 is 21.8 Å². The summed E-state index contributed by atoms with van der Waals surface area (Å²) in [4.78, 5) is -0.292. The zero-order valence-electron chi connectivity index (χ0n) is 12.1. The fraction of sp³-hybridized carbons (Fsp3) is 0.571. The first-order valence-corrected chi connectivity index (χ1v) is 8.55. The molecular weight excluding hydrogens is 281 g/mol. The maximum Gasteiger partial charge on any atom is 0.178 e. The lowest BCUT2D eigenvalue weighted by atomic mass is 10.1. The van der Waals surface area contributed by atoms with Crippen LogP contribution in [0, 0.1) is 5.82 Å². The number of sulfone groups is 1. The predicted molar refractivity (Wildman–Crippen MR) is 76.8 cm³/mol. The van der Waals surface area contributed by atoms with Gasteiger partial charge in [0.05, 0.1) is 6.10 Å². The topological polar surface area (TPSA) is 66.4 Å². The molecule has 20 heavy (non-hydrogen) atoms. The maximum absolute atomic E-state index is 13.8. The van der Waals surface area contributed by atoms with Gasteiger partial charge in [0.1, 0.15) is 10.7 Å². The highest BCUT2D eigenvalue weighted by Crippen LogP contribution is 2.20. The minimum Gasteiger partial charge on any atom is -0.392 e. The molecular formula is C14H22FNO3S. The van der Waals surface area contributed by atoms with Crippen molar-refractivity contribution >= 4 is 9.84 Å². The van der Waals surface area contributed by atoms with Gasteiger partial charge >= 0.3 is 0 Å². The lowest BCUT2D eigenvalue weighted by Gasteiger charge is -2.17. The third-order valence-corrected chi connectivity index (χ3v) is 4.27. The molecule has 0 aromatic heterocycles. The van der Waals surface area contributed by atoms with E-state index >= 15 is 0 Å². The van der Waals surface area contributed by atoms with Crippen LogP contribution in [0.1, 0.15) is 38.3 Å². The zero-order chi connectivity index (χ0) is 15.3. The van der Waals surface area contributed by atoms with Crippen LogP contribution in [0.25, 0.3) is 0 Å². The molecule has 114 valence electrons. The van der Waals surface area contributed by atoms with E-state index in [4.69, 9.17) is 0 Å². The van der Waals surface area contributed by atoms with Crippen LogP contribution in [-0.4, -0.2) is 32.4 Å². The van der Waals surface area contributed by atoms with Crippen LogP contribution in [0.4, 0.5) is 4.39 Å². The van der Waals surface area contributed by atoms with Crippen molar-refractivity contribution in [2.75, 3.05) is 12.8 Å². The van der Waals surface area contributed by atoms with E-state index in [2.05, 4.69) is 5.32 Å². The van der Waals surface area contributed by atoms with E-state index in [0.717, 1.165) is 12.7 Å². The maximum atomic E-state index is 13.8. The molecule has 2 atom stereocenters. The predicted octanol–water partition coefficient (Wildman–Crippen LogP) is 2.04. The molecule has 1 aromatic rings. The average molecular weight is 303 g/mol. The lowest BCUT2D eigenvalue weighted by Crippen LogP contribution is -2.29. The average Bonchev–Trinajstić information content (AvgIpc) is 2.34. The van der Waals surface area contributed by atoms with E-state index in [-0.39, 0.29) is 10.9 Å². The van der Waals surface area contributed by atoms with E-state index in [0.29, 0.717) is 18.5 Å². The molecule has 0 bridgehead atoms. The van der Waals surface area contributed by atoms with Crippen LogP contribution in [0.3, 0.4) is 0 Å². The second-order valence-electron chi connectivity index (χ2n) is 5.03. The van der Waals surface area contributed by atoms with Gasteiger partial charge in [-0.2, -0.15) is 0 Å². The first-order chi connectivity index (χ1) is 9.25. The summed E-state index contributed by atoms with van der Waals surface area (Å²) >= 11 is 0. The molecule has 1 rings (SSSR count). The first-order valence-electron chi connectivity index (χ1n) is 6.66. The highest BCUT2D eigenvalue weighted by atomic mass is 32.2. The zero-order valence-corrected chi connectivity index (χ0v) is 12.9. The Labute approximate surface area is 119 Å². The number of halogens is 1. The Bertz CT molecular complexity index is 545. The Morgan fingerprint density at radius 2 is 2.05 bits per heavy atom. The molecule has 0 amide bonds. The Kier molecular flexibility index (Phi) is 6.10. The minimum atomic E-state index is -3.54. The number of benzene rings is 1. The van der Waals surface area contributed by atoms with Crippen LogP contribution in [0.5, 0.6) is 0 Å². The van der Waals surface area contributed by atoms with Crippen LogP contribution >= 0.6 is 0 Å². The van der Waals surface area contributed by atoms with Gasteiger partial charge in [0, 0.05) is 18.8 Å². The van der Waals surface area contributed by atoms with Gasteiger partial charge in [-0.3, -0.25) is 0 Å². The highest BCUT2D eigenvalue weighted by molar-refractivity contribution is 7.90. The Balaban J connectivity index is 2.75. The molecule has 0 aliphatic heterocycles. The molecule has 4 nitrogen and oxygen atoms in total. The first kappa shape index (κ1) is 17.1. The van der Waals surface area contributed by atoms with Crippen molar-refractivity contribution in [1.82, 2.24) is 5.32 Å². The van der Waals surface area contributed by atoms with Crippen LogP contribution < -0.4 is 5.32 Å². The van der Waals surface area contributed by atoms with Crippen molar-refractivity contribution in [3.8, 4) is 0 Å². The Morgan fingerprint density at radius 1 is 1.40 bits per heavy atom. The summed E-state index contributed by atoms with van der Waals surface area (Å²) in [5.41, 5.74) is 0.651. The van der Waals surface area contributed by atoms with Crippen LogP contribution in [0.15, 0.2) is 23.1 Å². The number of aliphatic hydroxyl groups excluding tert-OH is 1. The number of rotatable bonds is 7. The fourth-order valence-corrected chi connectivity index (χ4v) is 2.68. The van der Waals surface area contributed by atoms with Crippen molar-refractivity contribution in [3.63, 3.8) is 0 Å². The highest BCUT2D eigenvalue weighted by Gasteiger charge is 2.16. The molecule has 0 aliphatic rings. The molecule has 2 unspecified atom stereocenters. The normalized spacial score (nSPS) is 15.1.